The van der Waals surface area contributed by atoms with Gasteiger partial charge < -0.3 is 18.9 Å². The Morgan fingerprint density at radius 1 is 0.833 bits per heavy atom. The highest BCUT2D eigenvalue weighted by Crippen LogP contribution is 2.28. The Morgan fingerprint density at radius 3 is 2.07 bits per heavy atom. The van der Waals surface area contributed by atoms with Gasteiger partial charge in [-0.25, -0.2) is 9.31 Å². The van der Waals surface area contributed by atoms with Gasteiger partial charge >= 0.3 is 11.7 Å². The van der Waals surface area contributed by atoms with Gasteiger partial charge in [0.15, 0.2) is 5.82 Å². The van der Waals surface area contributed by atoms with E-state index in [2.05, 4.69) is 20.6 Å². The lowest BCUT2D eigenvalue weighted by atomic mass is 10.2. The number of ether oxygens (including phenoxy) is 4. The van der Waals surface area contributed by atoms with Crippen LogP contribution in [0.25, 0.3) is 21.1 Å². The minimum atomic E-state index is -0.629. The van der Waals surface area contributed by atoms with Crippen LogP contribution in [-0.4, -0.2) is 51.8 Å². The molecule has 6 rings (SSSR count). The second-order valence-corrected chi connectivity index (χ2v) is 9.89. The quantitative estimate of drug-likeness (QED) is 0.262. The zero-order chi connectivity index (χ0) is 29.1. The van der Waals surface area contributed by atoms with Crippen molar-refractivity contribution in [3.05, 3.63) is 90.0 Å². The first-order chi connectivity index (χ1) is 20.6. The summed E-state index contributed by atoms with van der Waals surface area (Å²) >= 11 is 1.38. The summed E-state index contributed by atoms with van der Waals surface area (Å²) in [6.07, 6.45) is 0. The number of H-pyrrole nitrogens is 1. The maximum atomic E-state index is 13.1. The number of methoxy groups -OCH3 is 3. The van der Waals surface area contributed by atoms with E-state index in [9.17, 15) is 4.79 Å². The molecule has 0 aliphatic carbocycles. The number of fused-ring (bicyclic) bond motifs is 1. The van der Waals surface area contributed by atoms with E-state index >= 15 is 0 Å². The molecule has 0 atom stereocenters. The van der Waals surface area contributed by atoms with Crippen molar-refractivity contribution in [2.24, 2.45) is 5.28 Å². The molecule has 0 bridgehead atoms. The lowest BCUT2D eigenvalue weighted by molar-refractivity contribution is -0.428. The molecule has 2 aromatic heterocycles. The van der Waals surface area contributed by atoms with E-state index in [1.165, 1.54) is 16.0 Å². The maximum Gasteiger partial charge on any atom is 0.440 e. The number of carbonyl (C=O) groups is 1. The minimum Gasteiger partial charge on any atom is -0.497 e. The minimum absolute atomic E-state index is 0.102. The van der Waals surface area contributed by atoms with Crippen molar-refractivity contribution in [2.45, 2.75) is 6.61 Å². The fraction of sp³-hybridized carbons (Fsp3) is 0.138. The summed E-state index contributed by atoms with van der Waals surface area (Å²) < 4.78 is 24.9. The number of hydrogen-bond acceptors (Lipinski definition) is 10. The fourth-order valence-corrected chi connectivity index (χ4v) is 5.15. The van der Waals surface area contributed by atoms with Crippen LogP contribution in [0.3, 0.4) is 0 Å². The second kappa shape index (κ2) is 11.6. The molecule has 13 heteroatoms. The Kier molecular flexibility index (Phi) is 7.39. The van der Waals surface area contributed by atoms with Gasteiger partial charge in [-0.2, -0.15) is 0 Å². The summed E-state index contributed by atoms with van der Waals surface area (Å²) in [6, 6.07) is 23.8. The Hall–Kier alpha value is -5.43. The molecule has 0 spiro atoms. The van der Waals surface area contributed by atoms with Crippen molar-refractivity contribution in [1.29, 1.82) is 0 Å². The predicted octanol–water partition coefficient (Wildman–Crippen LogP) is 4.61. The number of nitrogens with one attached hydrogen (secondary N) is 1. The molecule has 1 N–H and O–H groups in total. The van der Waals surface area contributed by atoms with Gasteiger partial charge in [0.2, 0.25) is 15.9 Å². The molecule has 1 aliphatic rings. The number of aromatic amines is 1. The van der Waals surface area contributed by atoms with Crippen LogP contribution in [-0.2, 0) is 16.2 Å². The van der Waals surface area contributed by atoms with Crippen LogP contribution < -0.4 is 24.3 Å². The summed E-state index contributed by atoms with van der Waals surface area (Å²) in [5.74, 6) is 2.60. The van der Waals surface area contributed by atoms with Gasteiger partial charge in [0.25, 0.3) is 0 Å². The third kappa shape index (κ3) is 5.32. The number of aromatic nitrogens is 4. The molecule has 3 aromatic carbocycles. The average molecular weight is 586 g/mol. The van der Waals surface area contributed by atoms with Crippen LogP contribution >= 0.6 is 11.3 Å². The van der Waals surface area contributed by atoms with Crippen molar-refractivity contribution in [3.8, 4) is 33.4 Å². The third-order valence-corrected chi connectivity index (χ3v) is 7.41. The van der Waals surface area contributed by atoms with Crippen LogP contribution in [0.1, 0.15) is 5.82 Å². The Balaban J connectivity index is 1.51. The van der Waals surface area contributed by atoms with Gasteiger partial charge in [0.05, 0.1) is 21.3 Å². The highest BCUT2D eigenvalue weighted by molar-refractivity contribution is 7.19. The van der Waals surface area contributed by atoms with Crippen LogP contribution in [0.15, 0.2) is 84.1 Å². The second-order valence-electron chi connectivity index (χ2n) is 8.88. The first-order valence-corrected chi connectivity index (χ1v) is 13.5. The van der Waals surface area contributed by atoms with E-state index < -0.39 is 5.97 Å². The van der Waals surface area contributed by atoms with Gasteiger partial charge in [-0.3, -0.25) is 9.94 Å². The van der Waals surface area contributed by atoms with Gasteiger partial charge in [-0.05, 0) is 77.0 Å². The van der Waals surface area contributed by atoms with E-state index in [1.807, 2.05) is 42.5 Å². The molecular formula is C29H25N6O6S+. The van der Waals surface area contributed by atoms with E-state index in [0.29, 0.717) is 33.3 Å². The molecule has 3 heterocycles. The van der Waals surface area contributed by atoms with Crippen molar-refractivity contribution in [3.63, 3.8) is 0 Å². The molecule has 0 unspecified atom stereocenters. The Bertz CT molecular complexity index is 1870. The first-order valence-electron chi connectivity index (χ1n) is 12.7. The average Bonchev–Trinajstić information content (AvgIpc) is 3.55. The lowest BCUT2D eigenvalue weighted by Gasteiger charge is -2.05. The van der Waals surface area contributed by atoms with Crippen LogP contribution in [0, 0.1) is 0 Å². The summed E-state index contributed by atoms with van der Waals surface area (Å²) in [5.41, 5.74) is 1.66. The molecule has 0 fully saturated rings. The highest BCUT2D eigenvalue weighted by Gasteiger charge is 2.38. The first kappa shape index (κ1) is 26.8. The van der Waals surface area contributed by atoms with Gasteiger partial charge in [-0.1, -0.05) is 11.3 Å². The van der Waals surface area contributed by atoms with Crippen molar-refractivity contribution in [2.75, 3.05) is 21.3 Å². The third-order valence-electron chi connectivity index (χ3n) is 6.39. The zero-order valence-electron chi connectivity index (χ0n) is 22.8. The molecule has 12 nitrogen and oxygen atoms in total. The van der Waals surface area contributed by atoms with Crippen molar-refractivity contribution < 1.29 is 33.3 Å². The summed E-state index contributed by atoms with van der Waals surface area (Å²) in [5, 5.41) is 16.5. The van der Waals surface area contributed by atoms with Crippen molar-refractivity contribution in [1.82, 2.24) is 19.8 Å². The van der Waals surface area contributed by atoms with E-state index in [0.717, 1.165) is 21.9 Å². The maximum absolute atomic E-state index is 13.1. The number of rotatable bonds is 8. The number of benzene rings is 3. The molecule has 42 heavy (non-hydrogen) atoms. The molecule has 0 radical (unpaired) electrons. The fourth-order valence-electron chi connectivity index (χ4n) is 4.19. The number of carbonyl (C=O) groups excluding carboxylic acids is 1. The predicted molar refractivity (Wildman–Crippen MR) is 152 cm³/mol. The Labute approximate surface area is 243 Å². The Morgan fingerprint density at radius 2 is 1.43 bits per heavy atom. The summed E-state index contributed by atoms with van der Waals surface area (Å²) in [6.45, 7) is 0.102. The van der Waals surface area contributed by atoms with E-state index in [-0.39, 0.29) is 12.3 Å². The molecule has 0 amide bonds. The smallest absolute Gasteiger partial charge is 0.440 e. The SMILES string of the molecule is COc1ccc(OCc2nnc3sc(-c4ccc(OC)cc4)cc(=C4C(=O)ON=[N+]4c4ccc(OC)cc4)[nH]n23)cc1. The topological polar surface area (TPSA) is 125 Å². The molecule has 0 saturated heterocycles. The van der Waals surface area contributed by atoms with Gasteiger partial charge in [0, 0.05) is 17.0 Å². The largest absolute Gasteiger partial charge is 0.497 e. The molecule has 212 valence electrons. The monoisotopic (exact) mass is 585 g/mol. The standard InChI is InChI=1S/C29H24N6O6S/c1-37-20-8-4-18(5-9-20)25-16-24(27-28(36)41-33-34(27)19-6-10-21(38-2)11-7-19)32-35-26(30-31-29(35)42-25)17-40-23-14-12-22(39-3)13-15-23/h4-16H,17H2,1-3H3/p+1. The summed E-state index contributed by atoms with van der Waals surface area (Å²) in [4.78, 5) is 19.6. The number of nitrogens with zero attached hydrogens (tertiary/aromatic N) is 5. The van der Waals surface area contributed by atoms with Crippen LogP contribution in [0.5, 0.6) is 23.0 Å². The van der Waals surface area contributed by atoms with Crippen LogP contribution in [0.4, 0.5) is 5.69 Å². The highest BCUT2D eigenvalue weighted by atomic mass is 32.1. The molecule has 1 aliphatic heterocycles. The molecule has 0 saturated carbocycles. The van der Waals surface area contributed by atoms with E-state index in [1.54, 1.807) is 62.2 Å². The molecular weight excluding hydrogens is 560 g/mol. The van der Waals surface area contributed by atoms with Crippen LogP contribution in [0.2, 0.25) is 0 Å². The van der Waals surface area contributed by atoms with E-state index in [4.69, 9.17) is 23.8 Å². The number of hydrogen-bond donors (Lipinski definition) is 1. The van der Waals surface area contributed by atoms with Crippen molar-refractivity contribution >= 4 is 33.7 Å². The normalized spacial score (nSPS) is 13.9. The molecule has 5 aromatic rings. The zero-order valence-corrected chi connectivity index (χ0v) is 23.6. The summed E-state index contributed by atoms with van der Waals surface area (Å²) in [7, 11) is 4.80. The van der Waals surface area contributed by atoms with Gasteiger partial charge in [-0.15, -0.1) is 10.2 Å². The van der Waals surface area contributed by atoms with Gasteiger partial charge in [0.1, 0.15) is 35.0 Å². The lowest BCUT2D eigenvalue weighted by Crippen LogP contribution is -2.21.